The van der Waals surface area contributed by atoms with Crippen molar-refractivity contribution >= 4 is 11.0 Å². The van der Waals surface area contributed by atoms with Gasteiger partial charge in [0.25, 0.3) is 0 Å². The lowest BCUT2D eigenvalue weighted by Gasteiger charge is -1.81. The van der Waals surface area contributed by atoms with E-state index >= 15 is 0 Å². The molecule has 2 rings (SSSR count). The molecule has 0 spiro atoms. The monoisotopic (exact) mass is 135 g/mol. The van der Waals surface area contributed by atoms with Crippen LogP contribution in [-0.2, 0) is 0 Å². The third-order valence-electron chi connectivity index (χ3n) is 1.36. The Labute approximate surface area is 57.1 Å². The Bertz CT molecular complexity index is 351. The van der Waals surface area contributed by atoms with Crippen LogP contribution in [0.25, 0.3) is 11.0 Å². The van der Waals surface area contributed by atoms with E-state index in [-0.39, 0.29) is 5.82 Å². The Hall–Kier alpha value is -1.31. The summed E-state index contributed by atoms with van der Waals surface area (Å²) in [5, 5.41) is 0.488. The summed E-state index contributed by atoms with van der Waals surface area (Å²) in [4.78, 5) is 0. The lowest BCUT2D eigenvalue weighted by Crippen LogP contribution is -1.65. The second-order valence-corrected chi connectivity index (χ2v) is 2.00. The van der Waals surface area contributed by atoms with Gasteiger partial charge in [-0.1, -0.05) is 12.1 Å². The summed E-state index contributed by atoms with van der Waals surface area (Å²) >= 11 is 0. The molecule has 2 aromatic rings. The highest BCUT2D eigenvalue weighted by Gasteiger charge is 2.01. The van der Waals surface area contributed by atoms with Crippen molar-refractivity contribution in [3.63, 3.8) is 0 Å². The Morgan fingerprint density at radius 2 is 2.40 bits per heavy atom. The summed E-state index contributed by atoms with van der Waals surface area (Å²) in [5.74, 6) is -0.327. The summed E-state index contributed by atoms with van der Waals surface area (Å²) in [6.07, 6.45) is 1.08. The smallest absolute Gasteiger partial charge is 0.169 e. The fourth-order valence-electron chi connectivity index (χ4n) is 0.881. The van der Waals surface area contributed by atoms with Crippen LogP contribution in [0.15, 0.2) is 28.9 Å². The predicted molar refractivity (Wildman–Crippen MR) is 35.0 cm³/mol. The zero-order valence-corrected chi connectivity index (χ0v) is 5.10. The first-order valence-corrected chi connectivity index (χ1v) is 2.91. The molecule has 1 aromatic carbocycles. The average molecular weight is 135 g/mol. The summed E-state index contributed by atoms with van der Waals surface area (Å²) in [7, 11) is 0. The van der Waals surface area contributed by atoms with Crippen LogP contribution in [0.4, 0.5) is 4.39 Å². The van der Waals surface area contributed by atoms with Crippen molar-refractivity contribution in [2.45, 2.75) is 0 Å². The van der Waals surface area contributed by atoms with Gasteiger partial charge >= 0.3 is 0 Å². The van der Waals surface area contributed by atoms with Gasteiger partial charge in [-0.2, -0.15) is 0 Å². The van der Waals surface area contributed by atoms with Gasteiger partial charge in [-0.05, 0) is 6.07 Å². The van der Waals surface area contributed by atoms with Gasteiger partial charge in [0.15, 0.2) is 5.82 Å². The number of rotatable bonds is 0. The molecule has 1 aromatic heterocycles. The normalized spacial score (nSPS) is 10.5. The van der Waals surface area contributed by atoms with Crippen molar-refractivity contribution in [3.05, 3.63) is 36.3 Å². The Kier molecular flexibility index (Phi) is 1.01. The van der Waals surface area contributed by atoms with Crippen LogP contribution in [0.1, 0.15) is 0 Å². The first kappa shape index (κ1) is 5.47. The summed E-state index contributed by atoms with van der Waals surface area (Å²) in [6.45, 7) is 0. The number of benzene rings is 1. The Balaban J connectivity index is 2.93. The van der Waals surface area contributed by atoms with Crippen molar-refractivity contribution in [1.82, 2.24) is 0 Å². The second-order valence-electron chi connectivity index (χ2n) is 2.00. The van der Waals surface area contributed by atoms with Crippen molar-refractivity contribution < 1.29 is 8.81 Å². The third-order valence-corrected chi connectivity index (χ3v) is 1.36. The number of para-hydroxylation sites is 1. The van der Waals surface area contributed by atoms with E-state index in [0.29, 0.717) is 11.0 Å². The van der Waals surface area contributed by atoms with E-state index in [1.807, 2.05) is 0 Å². The summed E-state index contributed by atoms with van der Waals surface area (Å²) < 4.78 is 17.5. The van der Waals surface area contributed by atoms with E-state index in [2.05, 4.69) is 6.07 Å². The fraction of sp³-hybridized carbons (Fsp3) is 0. The van der Waals surface area contributed by atoms with Gasteiger partial charge in [0, 0.05) is 6.07 Å². The van der Waals surface area contributed by atoms with Crippen LogP contribution in [0.2, 0.25) is 0 Å². The van der Waals surface area contributed by atoms with E-state index in [4.69, 9.17) is 4.42 Å². The zero-order valence-electron chi connectivity index (χ0n) is 5.10. The molecule has 0 aliphatic carbocycles. The van der Waals surface area contributed by atoms with E-state index in [0.717, 1.165) is 6.26 Å². The van der Waals surface area contributed by atoms with Crippen LogP contribution >= 0.6 is 0 Å². The van der Waals surface area contributed by atoms with Gasteiger partial charge in [0.05, 0.1) is 5.39 Å². The molecule has 0 atom stereocenters. The molecule has 0 fully saturated rings. The van der Waals surface area contributed by atoms with Crippen LogP contribution in [0, 0.1) is 11.9 Å². The number of hydrogen-bond acceptors (Lipinski definition) is 1. The first-order valence-electron chi connectivity index (χ1n) is 2.91. The van der Waals surface area contributed by atoms with Crippen LogP contribution in [0.5, 0.6) is 0 Å². The maximum absolute atomic E-state index is 12.6. The van der Waals surface area contributed by atoms with Gasteiger partial charge < -0.3 is 4.42 Å². The van der Waals surface area contributed by atoms with Crippen molar-refractivity contribution in [2.24, 2.45) is 0 Å². The van der Waals surface area contributed by atoms with Gasteiger partial charge in [-0.3, -0.25) is 0 Å². The minimum absolute atomic E-state index is 0.327. The van der Waals surface area contributed by atoms with Gasteiger partial charge in [0.2, 0.25) is 0 Å². The molecule has 1 radical (unpaired) electrons. The Morgan fingerprint density at radius 1 is 1.50 bits per heavy atom. The molecule has 0 aliphatic heterocycles. The minimum atomic E-state index is -0.327. The molecular formula is C8H4FO. The maximum atomic E-state index is 12.6. The highest BCUT2D eigenvalue weighted by atomic mass is 19.1. The van der Waals surface area contributed by atoms with E-state index in [1.54, 1.807) is 18.2 Å². The van der Waals surface area contributed by atoms with Crippen LogP contribution < -0.4 is 0 Å². The molecular weight excluding hydrogens is 131 g/mol. The largest absolute Gasteiger partial charge is 0.461 e. The predicted octanol–water partition coefficient (Wildman–Crippen LogP) is 2.37. The van der Waals surface area contributed by atoms with Crippen LogP contribution in [-0.4, -0.2) is 0 Å². The van der Waals surface area contributed by atoms with E-state index in [9.17, 15) is 4.39 Å². The quantitative estimate of drug-likeness (QED) is 0.540. The molecule has 0 amide bonds. The van der Waals surface area contributed by atoms with Crippen molar-refractivity contribution in [3.8, 4) is 0 Å². The lowest BCUT2D eigenvalue weighted by molar-refractivity contribution is 0.558. The number of fused-ring (bicyclic) bond motifs is 1. The molecule has 0 saturated heterocycles. The highest BCUT2D eigenvalue weighted by Crippen LogP contribution is 2.17. The van der Waals surface area contributed by atoms with Gasteiger partial charge in [0.1, 0.15) is 11.8 Å². The molecule has 0 unspecified atom stereocenters. The van der Waals surface area contributed by atoms with E-state index in [1.165, 1.54) is 0 Å². The molecule has 10 heavy (non-hydrogen) atoms. The molecule has 1 nitrogen and oxygen atoms in total. The number of furan rings is 1. The van der Waals surface area contributed by atoms with Gasteiger partial charge in [-0.15, -0.1) is 0 Å². The standard InChI is InChI=1S/C8H4FO/c9-7-5-10-8-4-2-1-3-6(7)8/h1-3,5H. The molecule has 0 N–H and O–H groups in total. The summed E-state index contributed by atoms with van der Waals surface area (Å²) in [6, 6.07) is 7.83. The summed E-state index contributed by atoms with van der Waals surface area (Å²) in [5.41, 5.74) is 0.472. The topological polar surface area (TPSA) is 13.1 Å². The molecule has 49 valence electrons. The lowest BCUT2D eigenvalue weighted by atomic mass is 10.2. The fourth-order valence-corrected chi connectivity index (χ4v) is 0.881. The minimum Gasteiger partial charge on any atom is -0.461 e. The second kappa shape index (κ2) is 1.84. The van der Waals surface area contributed by atoms with E-state index < -0.39 is 0 Å². The molecule has 0 bridgehead atoms. The van der Waals surface area contributed by atoms with Crippen molar-refractivity contribution in [1.29, 1.82) is 0 Å². The van der Waals surface area contributed by atoms with Crippen molar-refractivity contribution in [2.75, 3.05) is 0 Å². The van der Waals surface area contributed by atoms with Gasteiger partial charge in [-0.25, -0.2) is 4.39 Å². The third kappa shape index (κ3) is 0.620. The first-order chi connectivity index (χ1) is 4.88. The molecule has 1 heterocycles. The highest BCUT2D eigenvalue weighted by molar-refractivity contribution is 5.76. The van der Waals surface area contributed by atoms with Crippen LogP contribution in [0.3, 0.4) is 0 Å². The maximum Gasteiger partial charge on any atom is 0.169 e. The average Bonchev–Trinajstić information content (AvgIpc) is 2.34. The number of hydrogen-bond donors (Lipinski definition) is 0. The Morgan fingerprint density at radius 3 is 3.20 bits per heavy atom. The molecule has 0 aliphatic rings. The number of halogens is 1. The molecule has 0 saturated carbocycles. The molecule has 2 heteroatoms. The zero-order chi connectivity index (χ0) is 6.97. The SMILES string of the molecule is Fc1coc2[c]cccc12.